The van der Waals surface area contributed by atoms with Gasteiger partial charge in [-0.05, 0) is 80.1 Å². The Kier molecular flexibility index (Phi) is 5.65. The topological polar surface area (TPSA) is 40.6 Å². The Morgan fingerprint density at radius 3 is 2.24 bits per heavy atom. The van der Waals surface area contributed by atoms with Crippen LogP contribution >= 0.6 is 0 Å². The molecule has 2 aliphatic rings. The number of benzene rings is 2. The Hall–Kier alpha value is -2.69. The maximum atomic E-state index is 13.1. The van der Waals surface area contributed by atoms with Crippen LogP contribution in [0.5, 0.6) is 0 Å². The van der Waals surface area contributed by atoms with E-state index >= 15 is 0 Å². The standard InChI is InChI=1S/C24H27FN2O2/c1-26(23(28)18-8-12-20(25)13-9-18)21-14-10-19(11-15-21)24(29)27-16-4-6-17-5-2-3-7-22(17)27/h8-15,17,22H,2-7,16H2,1H3/t17-,22-/m0/s1. The predicted octanol–water partition coefficient (Wildman–Crippen LogP) is 4.90. The van der Waals surface area contributed by atoms with E-state index in [1.807, 2.05) is 0 Å². The third kappa shape index (κ3) is 4.04. The highest BCUT2D eigenvalue weighted by Crippen LogP contribution is 2.36. The number of fused-ring (bicyclic) bond motifs is 1. The lowest BCUT2D eigenvalue weighted by atomic mass is 9.78. The third-order valence-electron chi connectivity index (χ3n) is 6.40. The second-order valence-electron chi connectivity index (χ2n) is 8.17. The lowest BCUT2D eigenvalue weighted by Gasteiger charge is -2.44. The van der Waals surface area contributed by atoms with Crippen LogP contribution < -0.4 is 4.90 Å². The smallest absolute Gasteiger partial charge is 0.258 e. The highest BCUT2D eigenvalue weighted by molar-refractivity contribution is 6.06. The maximum Gasteiger partial charge on any atom is 0.258 e. The minimum Gasteiger partial charge on any atom is -0.335 e. The van der Waals surface area contributed by atoms with E-state index in [2.05, 4.69) is 4.90 Å². The Labute approximate surface area is 171 Å². The van der Waals surface area contributed by atoms with Gasteiger partial charge < -0.3 is 9.80 Å². The fourth-order valence-electron chi connectivity index (χ4n) is 4.77. The molecule has 0 aromatic heterocycles. The van der Waals surface area contributed by atoms with Gasteiger partial charge in [-0.15, -0.1) is 0 Å². The Morgan fingerprint density at radius 2 is 1.52 bits per heavy atom. The summed E-state index contributed by atoms with van der Waals surface area (Å²) in [6, 6.07) is 13.1. The normalized spacial score (nSPS) is 21.4. The number of hydrogen-bond acceptors (Lipinski definition) is 2. The number of piperidine rings is 1. The monoisotopic (exact) mass is 394 g/mol. The summed E-state index contributed by atoms with van der Waals surface area (Å²) in [6.45, 7) is 0.838. The van der Waals surface area contributed by atoms with Crippen molar-refractivity contribution >= 4 is 17.5 Å². The average molecular weight is 394 g/mol. The van der Waals surface area contributed by atoms with E-state index in [-0.39, 0.29) is 17.6 Å². The van der Waals surface area contributed by atoms with Gasteiger partial charge in [0.05, 0.1) is 0 Å². The summed E-state index contributed by atoms with van der Waals surface area (Å²) in [4.78, 5) is 29.3. The van der Waals surface area contributed by atoms with Gasteiger partial charge in [0.15, 0.2) is 0 Å². The van der Waals surface area contributed by atoms with Crippen molar-refractivity contribution in [2.75, 3.05) is 18.5 Å². The van der Waals surface area contributed by atoms with E-state index in [0.717, 1.165) is 19.4 Å². The minimum absolute atomic E-state index is 0.0978. The summed E-state index contributed by atoms with van der Waals surface area (Å²) >= 11 is 0. The van der Waals surface area contributed by atoms with Gasteiger partial charge in [-0.1, -0.05) is 12.8 Å². The molecule has 2 atom stereocenters. The molecule has 1 saturated carbocycles. The van der Waals surface area contributed by atoms with E-state index in [0.29, 0.717) is 28.8 Å². The number of carbonyl (C=O) groups is 2. The van der Waals surface area contributed by atoms with Crippen LogP contribution in [0, 0.1) is 11.7 Å². The number of nitrogens with zero attached hydrogens (tertiary/aromatic N) is 2. The lowest BCUT2D eigenvalue weighted by Crippen LogP contribution is -2.49. The number of carbonyl (C=O) groups excluding carboxylic acids is 2. The zero-order valence-electron chi connectivity index (χ0n) is 16.8. The predicted molar refractivity (Wildman–Crippen MR) is 112 cm³/mol. The van der Waals surface area contributed by atoms with E-state index in [4.69, 9.17) is 0 Å². The molecule has 1 aliphatic heterocycles. The molecular weight excluding hydrogens is 367 g/mol. The fraction of sp³-hybridized carbons (Fsp3) is 0.417. The second kappa shape index (κ2) is 8.36. The molecule has 0 spiro atoms. The molecule has 4 rings (SSSR count). The summed E-state index contributed by atoms with van der Waals surface area (Å²) in [5.41, 5.74) is 1.79. The van der Waals surface area contributed by atoms with Gasteiger partial charge in [-0.2, -0.15) is 0 Å². The minimum atomic E-state index is -0.370. The van der Waals surface area contributed by atoms with Crippen molar-refractivity contribution in [3.8, 4) is 0 Å². The second-order valence-corrected chi connectivity index (χ2v) is 8.17. The zero-order valence-corrected chi connectivity index (χ0v) is 16.8. The number of rotatable bonds is 3. The first-order chi connectivity index (χ1) is 14.0. The highest BCUT2D eigenvalue weighted by Gasteiger charge is 2.35. The van der Waals surface area contributed by atoms with E-state index < -0.39 is 0 Å². The quantitative estimate of drug-likeness (QED) is 0.743. The van der Waals surface area contributed by atoms with Gasteiger partial charge in [-0.3, -0.25) is 9.59 Å². The van der Waals surface area contributed by atoms with Gasteiger partial charge in [0, 0.05) is 36.4 Å². The number of halogens is 1. The molecule has 5 heteroatoms. The van der Waals surface area contributed by atoms with Crippen molar-refractivity contribution in [1.82, 2.24) is 4.90 Å². The van der Waals surface area contributed by atoms with Crippen molar-refractivity contribution in [2.45, 2.75) is 44.6 Å². The van der Waals surface area contributed by atoms with Crippen LogP contribution in [0.15, 0.2) is 48.5 Å². The highest BCUT2D eigenvalue weighted by atomic mass is 19.1. The fourth-order valence-corrected chi connectivity index (χ4v) is 4.77. The van der Waals surface area contributed by atoms with Gasteiger partial charge in [0.1, 0.15) is 5.82 Å². The van der Waals surface area contributed by atoms with Crippen molar-refractivity contribution in [3.05, 3.63) is 65.5 Å². The zero-order chi connectivity index (χ0) is 20.4. The number of likely N-dealkylation sites (tertiary alicyclic amines) is 1. The molecule has 0 radical (unpaired) electrons. The molecule has 2 aromatic rings. The van der Waals surface area contributed by atoms with Crippen LogP contribution in [0.4, 0.5) is 10.1 Å². The first kappa shape index (κ1) is 19.6. The Bertz CT molecular complexity index is 877. The van der Waals surface area contributed by atoms with Crippen LogP contribution in [0.25, 0.3) is 0 Å². The molecular formula is C24H27FN2O2. The van der Waals surface area contributed by atoms with E-state index in [1.165, 1.54) is 54.8 Å². The molecule has 0 unspecified atom stereocenters. The van der Waals surface area contributed by atoms with Gasteiger partial charge in [0.25, 0.3) is 11.8 Å². The molecule has 0 N–H and O–H groups in total. The van der Waals surface area contributed by atoms with Gasteiger partial charge in [0.2, 0.25) is 0 Å². The van der Waals surface area contributed by atoms with Gasteiger partial charge >= 0.3 is 0 Å². The molecule has 1 heterocycles. The van der Waals surface area contributed by atoms with Crippen LogP contribution in [0.3, 0.4) is 0 Å². The molecule has 2 aromatic carbocycles. The lowest BCUT2D eigenvalue weighted by molar-refractivity contribution is 0.0390. The number of hydrogen-bond donors (Lipinski definition) is 0. The summed E-state index contributed by atoms with van der Waals surface area (Å²) in [6.07, 6.45) is 7.17. The van der Waals surface area contributed by atoms with Crippen LogP contribution in [0.2, 0.25) is 0 Å². The Balaban J connectivity index is 1.47. The van der Waals surface area contributed by atoms with Crippen molar-refractivity contribution in [1.29, 1.82) is 0 Å². The molecule has 1 saturated heterocycles. The number of anilines is 1. The molecule has 4 nitrogen and oxygen atoms in total. The summed E-state index contributed by atoms with van der Waals surface area (Å²) in [7, 11) is 1.68. The average Bonchev–Trinajstić information content (AvgIpc) is 2.78. The number of amides is 2. The summed E-state index contributed by atoms with van der Waals surface area (Å²) < 4.78 is 13.1. The summed E-state index contributed by atoms with van der Waals surface area (Å²) in [5.74, 6) is 0.163. The molecule has 2 fully saturated rings. The van der Waals surface area contributed by atoms with Crippen molar-refractivity contribution in [2.24, 2.45) is 5.92 Å². The first-order valence-corrected chi connectivity index (χ1v) is 10.5. The van der Waals surface area contributed by atoms with Crippen LogP contribution in [-0.2, 0) is 0 Å². The molecule has 1 aliphatic carbocycles. The SMILES string of the molecule is CN(C(=O)c1ccc(F)cc1)c1ccc(C(=O)N2CCC[C@@H]3CCCC[C@@H]32)cc1. The molecule has 29 heavy (non-hydrogen) atoms. The van der Waals surface area contributed by atoms with E-state index in [9.17, 15) is 14.0 Å². The third-order valence-corrected chi connectivity index (χ3v) is 6.40. The molecule has 152 valence electrons. The van der Waals surface area contributed by atoms with Gasteiger partial charge in [-0.25, -0.2) is 4.39 Å². The van der Waals surface area contributed by atoms with Crippen molar-refractivity contribution < 1.29 is 14.0 Å². The molecule has 0 bridgehead atoms. The summed E-state index contributed by atoms with van der Waals surface area (Å²) in [5, 5.41) is 0. The largest absolute Gasteiger partial charge is 0.335 e. The Morgan fingerprint density at radius 1 is 0.897 bits per heavy atom. The van der Waals surface area contributed by atoms with Crippen LogP contribution in [0.1, 0.15) is 59.2 Å². The maximum absolute atomic E-state index is 13.1. The molecule has 2 amide bonds. The van der Waals surface area contributed by atoms with Crippen molar-refractivity contribution in [3.63, 3.8) is 0 Å². The van der Waals surface area contributed by atoms with E-state index in [1.54, 1.807) is 31.3 Å². The van der Waals surface area contributed by atoms with Crippen LogP contribution in [-0.4, -0.2) is 36.3 Å². The first-order valence-electron chi connectivity index (χ1n) is 10.5.